The monoisotopic (exact) mass is 491 g/mol. The van der Waals surface area contributed by atoms with E-state index in [1.54, 1.807) is 4.90 Å². The first-order valence-electron chi connectivity index (χ1n) is 9.86. The SMILES string of the molecule is N#C[C@@H]1CCCN1C(=O)[C@@H]1CC[C@H](COc2ccc(C(=O)O)cc2Cl)N1.O=C(O)C(F)(F)F. The highest BCUT2D eigenvalue weighted by molar-refractivity contribution is 6.32. The van der Waals surface area contributed by atoms with Crippen molar-refractivity contribution in [1.82, 2.24) is 10.2 Å². The van der Waals surface area contributed by atoms with Crippen LogP contribution < -0.4 is 10.1 Å². The summed E-state index contributed by atoms with van der Waals surface area (Å²) in [4.78, 5) is 34.1. The second-order valence-electron chi connectivity index (χ2n) is 7.38. The third-order valence-electron chi connectivity index (χ3n) is 5.09. The molecule has 180 valence electrons. The summed E-state index contributed by atoms with van der Waals surface area (Å²) in [5, 5.41) is 28.7. The van der Waals surface area contributed by atoms with E-state index in [1.807, 2.05) is 0 Å². The topological polar surface area (TPSA) is 140 Å². The van der Waals surface area contributed by atoms with Crippen molar-refractivity contribution in [1.29, 1.82) is 5.26 Å². The molecule has 3 atom stereocenters. The van der Waals surface area contributed by atoms with E-state index in [2.05, 4.69) is 11.4 Å². The molecule has 0 bridgehead atoms. The van der Waals surface area contributed by atoms with Crippen molar-refractivity contribution in [3.8, 4) is 11.8 Å². The maximum Gasteiger partial charge on any atom is 0.490 e. The number of nitrogens with one attached hydrogen (secondary N) is 1. The van der Waals surface area contributed by atoms with E-state index in [1.165, 1.54) is 18.2 Å². The number of hydrogen-bond acceptors (Lipinski definition) is 6. The Hall–Kier alpha value is -3.04. The number of halogens is 4. The number of likely N-dealkylation sites (tertiary alicyclic amines) is 1. The Labute approximate surface area is 191 Å². The summed E-state index contributed by atoms with van der Waals surface area (Å²) in [6.07, 6.45) is -1.99. The number of nitrogens with zero attached hydrogens (tertiary/aromatic N) is 2. The van der Waals surface area contributed by atoms with Crippen molar-refractivity contribution in [2.24, 2.45) is 0 Å². The second-order valence-corrected chi connectivity index (χ2v) is 7.78. The number of carbonyl (C=O) groups is 3. The maximum absolute atomic E-state index is 12.6. The van der Waals surface area contributed by atoms with Crippen LogP contribution in [0.4, 0.5) is 13.2 Å². The summed E-state index contributed by atoms with van der Waals surface area (Å²) in [5.41, 5.74) is 0.102. The minimum absolute atomic E-state index is 0.00213. The fraction of sp³-hybridized carbons (Fsp3) is 0.500. The van der Waals surface area contributed by atoms with E-state index in [9.17, 15) is 22.8 Å². The van der Waals surface area contributed by atoms with Gasteiger partial charge in [-0.05, 0) is 43.9 Å². The fourth-order valence-electron chi connectivity index (χ4n) is 3.45. The molecule has 2 heterocycles. The van der Waals surface area contributed by atoms with Crippen LogP contribution in [0.5, 0.6) is 5.75 Å². The van der Waals surface area contributed by atoms with Crippen molar-refractivity contribution >= 4 is 29.4 Å². The molecule has 0 unspecified atom stereocenters. The number of carbonyl (C=O) groups excluding carboxylic acids is 1. The molecule has 3 N–H and O–H groups in total. The van der Waals surface area contributed by atoms with Gasteiger partial charge in [0.2, 0.25) is 5.91 Å². The summed E-state index contributed by atoms with van der Waals surface area (Å²) in [5.74, 6) is -3.40. The van der Waals surface area contributed by atoms with Crippen LogP contribution in [-0.2, 0) is 9.59 Å². The third-order valence-corrected chi connectivity index (χ3v) is 5.38. The average Bonchev–Trinajstić information content (AvgIpc) is 3.41. The summed E-state index contributed by atoms with van der Waals surface area (Å²) < 4.78 is 37.4. The zero-order valence-corrected chi connectivity index (χ0v) is 17.9. The molecule has 0 radical (unpaired) electrons. The van der Waals surface area contributed by atoms with E-state index in [0.717, 1.165) is 19.3 Å². The van der Waals surface area contributed by atoms with Gasteiger partial charge in [0.15, 0.2) is 0 Å². The van der Waals surface area contributed by atoms with Crippen LogP contribution in [0.25, 0.3) is 0 Å². The molecule has 0 aliphatic carbocycles. The van der Waals surface area contributed by atoms with Crippen LogP contribution in [0.15, 0.2) is 18.2 Å². The molecule has 13 heteroatoms. The Morgan fingerprint density at radius 1 is 1.24 bits per heavy atom. The smallest absolute Gasteiger partial charge is 0.490 e. The average molecular weight is 492 g/mol. The zero-order valence-electron chi connectivity index (χ0n) is 17.1. The van der Waals surface area contributed by atoms with Crippen molar-refractivity contribution in [2.45, 2.75) is 50.0 Å². The molecule has 1 amide bonds. The van der Waals surface area contributed by atoms with Crippen molar-refractivity contribution < 1.29 is 42.5 Å². The summed E-state index contributed by atoms with van der Waals surface area (Å²) in [7, 11) is 0. The lowest BCUT2D eigenvalue weighted by Gasteiger charge is -2.24. The van der Waals surface area contributed by atoms with Crippen molar-refractivity contribution in [3.05, 3.63) is 28.8 Å². The van der Waals surface area contributed by atoms with Gasteiger partial charge in [-0.3, -0.25) is 10.1 Å². The zero-order chi connectivity index (χ0) is 24.8. The maximum atomic E-state index is 12.6. The molecule has 2 aliphatic heterocycles. The molecule has 2 saturated heterocycles. The van der Waals surface area contributed by atoms with Gasteiger partial charge in [-0.1, -0.05) is 11.6 Å². The third kappa shape index (κ3) is 7.23. The predicted octanol–water partition coefficient (Wildman–Crippen LogP) is 2.69. The number of aromatic carboxylic acids is 1. The Kier molecular flexibility index (Phi) is 8.90. The number of aliphatic carboxylic acids is 1. The number of amides is 1. The molecule has 9 nitrogen and oxygen atoms in total. The molecular weight excluding hydrogens is 471 g/mol. The molecule has 0 saturated carbocycles. The minimum Gasteiger partial charge on any atom is -0.490 e. The lowest BCUT2D eigenvalue weighted by atomic mass is 10.1. The van der Waals surface area contributed by atoms with E-state index >= 15 is 0 Å². The molecule has 0 aromatic heterocycles. The van der Waals surface area contributed by atoms with Crippen molar-refractivity contribution in [2.75, 3.05) is 13.2 Å². The van der Waals surface area contributed by atoms with Gasteiger partial charge in [0.1, 0.15) is 18.4 Å². The van der Waals surface area contributed by atoms with Crippen LogP contribution in [0.3, 0.4) is 0 Å². The van der Waals surface area contributed by atoms with E-state index in [4.69, 9.17) is 36.6 Å². The summed E-state index contributed by atoms with van der Waals surface area (Å²) >= 11 is 6.06. The molecule has 1 aromatic rings. The van der Waals surface area contributed by atoms with Gasteiger partial charge in [-0.2, -0.15) is 18.4 Å². The first-order valence-corrected chi connectivity index (χ1v) is 10.2. The number of alkyl halides is 3. The van der Waals surface area contributed by atoms with E-state index in [-0.39, 0.29) is 34.6 Å². The Balaban J connectivity index is 0.000000479. The summed E-state index contributed by atoms with van der Waals surface area (Å²) in [6.45, 7) is 0.972. The van der Waals surface area contributed by atoms with Crippen LogP contribution in [0.2, 0.25) is 5.02 Å². The standard InChI is InChI=1S/C18H20ClN3O4.C2HF3O2/c19-14-8-11(18(24)25)3-6-16(14)26-10-12-4-5-15(21-12)17(23)22-7-1-2-13(22)9-20;3-2(4,5)1(6)7/h3,6,8,12-13,15,21H,1-2,4-5,7,10H2,(H,24,25);(H,6,7)/t12-,13+,15+;/m1./s1. The number of hydrogen-bond donors (Lipinski definition) is 3. The highest BCUT2D eigenvalue weighted by atomic mass is 35.5. The Morgan fingerprint density at radius 3 is 2.45 bits per heavy atom. The van der Waals surface area contributed by atoms with Crippen LogP contribution >= 0.6 is 11.6 Å². The van der Waals surface area contributed by atoms with Gasteiger partial charge < -0.3 is 19.8 Å². The number of nitriles is 1. The second kappa shape index (κ2) is 11.2. The van der Waals surface area contributed by atoms with Gasteiger partial charge in [0.25, 0.3) is 0 Å². The number of benzene rings is 1. The lowest BCUT2D eigenvalue weighted by molar-refractivity contribution is -0.192. The van der Waals surface area contributed by atoms with Crippen LogP contribution in [0, 0.1) is 11.3 Å². The first kappa shape index (κ1) is 26.2. The molecule has 0 spiro atoms. The molecule has 2 aliphatic rings. The number of carboxylic acid groups (broad SMARTS) is 2. The van der Waals surface area contributed by atoms with Crippen LogP contribution in [-0.4, -0.2) is 70.4 Å². The largest absolute Gasteiger partial charge is 0.490 e. The van der Waals surface area contributed by atoms with E-state index < -0.39 is 18.1 Å². The predicted molar refractivity (Wildman–Crippen MR) is 108 cm³/mol. The molecule has 1 aromatic carbocycles. The van der Waals surface area contributed by atoms with Crippen LogP contribution in [0.1, 0.15) is 36.0 Å². The fourth-order valence-corrected chi connectivity index (χ4v) is 3.69. The molecular formula is C20H21ClF3N3O6. The van der Waals surface area contributed by atoms with Gasteiger partial charge >= 0.3 is 18.1 Å². The number of carboxylic acids is 2. The quantitative estimate of drug-likeness (QED) is 0.571. The minimum atomic E-state index is -5.08. The van der Waals surface area contributed by atoms with Gasteiger partial charge in [0, 0.05) is 12.6 Å². The molecule has 33 heavy (non-hydrogen) atoms. The van der Waals surface area contributed by atoms with Gasteiger partial charge in [0.05, 0.1) is 22.7 Å². The van der Waals surface area contributed by atoms with Gasteiger partial charge in [-0.15, -0.1) is 0 Å². The normalized spacial score (nSPS) is 22.2. The van der Waals surface area contributed by atoms with Gasteiger partial charge in [-0.25, -0.2) is 9.59 Å². The summed E-state index contributed by atoms with van der Waals surface area (Å²) in [6, 6.07) is 5.91. The first-order chi connectivity index (χ1) is 15.4. The van der Waals surface area contributed by atoms with Crippen molar-refractivity contribution in [3.63, 3.8) is 0 Å². The highest BCUT2D eigenvalue weighted by Crippen LogP contribution is 2.27. The highest BCUT2D eigenvalue weighted by Gasteiger charge is 2.38. The number of rotatable bonds is 5. The van der Waals surface area contributed by atoms with E-state index in [0.29, 0.717) is 25.3 Å². The Bertz CT molecular complexity index is 937. The lowest BCUT2D eigenvalue weighted by Crippen LogP contribution is -2.47. The Morgan fingerprint density at radius 2 is 1.91 bits per heavy atom. The molecule has 3 rings (SSSR count). The number of ether oxygens (including phenoxy) is 1. The molecule has 2 fully saturated rings.